The van der Waals surface area contributed by atoms with Crippen LogP contribution in [0.3, 0.4) is 0 Å². The topological polar surface area (TPSA) is 69.6 Å². The van der Waals surface area contributed by atoms with Crippen LogP contribution in [0.1, 0.15) is 28.1 Å². The molecule has 0 spiro atoms. The van der Waals surface area contributed by atoms with Gasteiger partial charge in [-0.25, -0.2) is 0 Å². The molecule has 1 aromatic heterocycles. The number of benzene rings is 1. The van der Waals surface area contributed by atoms with Crippen molar-refractivity contribution in [3.63, 3.8) is 0 Å². The van der Waals surface area contributed by atoms with E-state index in [1.165, 1.54) is 6.07 Å². The summed E-state index contributed by atoms with van der Waals surface area (Å²) in [5, 5.41) is 14.8. The van der Waals surface area contributed by atoms with E-state index < -0.39 is 0 Å². The van der Waals surface area contributed by atoms with E-state index in [0.717, 1.165) is 17.7 Å². The van der Waals surface area contributed by atoms with Crippen molar-refractivity contribution in [1.82, 2.24) is 10.2 Å². The first-order valence-corrected chi connectivity index (χ1v) is 8.90. The van der Waals surface area contributed by atoms with Gasteiger partial charge in [0.25, 0.3) is 5.91 Å². The second-order valence-electron chi connectivity index (χ2n) is 5.91. The van der Waals surface area contributed by atoms with E-state index in [2.05, 4.69) is 5.32 Å². The number of piperidine rings is 1. The highest BCUT2D eigenvalue weighted by Crippen LogP contribution is 2.20. The minimum atomic E-state index is -0.156. The number of amides is 2. The van der Waals surface area contributed by atoms with Crippen LogP contribution in [0.5, 0.6) is 5.75 Å². The van der Waals surface area contributed by atoms with Crippen LogP contribution in [0.15, 0.2) is 41.8 Å². The molecule has 1 saturated heterocycles. The van der Waals surface area contributed by atoms with E-state index in [0.29, 0.717) is 25.1 Å². The summed E-state index contributed by atoms with van der Waals surface area (Å²) in [6, 6.07) is 10.6. The number of thiophene rings is 1. The number of hydrogen-bond donors (Lipinski definition) is 2. The second kappa shape index (κ2) is 7.49. The van der Waals surface area contributed by atoms with Gasteiger partial charge in [0, 0.05) is 24.0 Å². The monoisotopic (exact) mass is 344 g/mol. The van der Waals surface area contributed by atoms with Crippen LogP contribution in [0, 0.1) is 0 Å². The number of carbonyl (C=O) groups is 2. The van der Waals surface area contributed by atoms with Crippen LogP contribution in [0.2, 0.25) is 0 Å². The van der Waals surface area contributed by atoms with Crippen LogP contribution >= 0.6 is 11.3 Å². The normalized spacial score (nSPS) is 15.2. The Morgan fingerprint density at radius 2 is 1.92 bits per heavy atom. The van der Waals surface area contributed by atoms with E-state index >= 15 is 0 Å². The van der Waals surface area contributed by atoms with Crippen molar-refractivity contribution in [2.24, 2.45) is 0 Å². The summed E-state index contributed by atoms with van der Waals surface area (Å²) in [6.07, 6.45) is 1.87. The Labute approximate surface area is 144 Å². The van der Waals surface area contributed by atoms with Gasteiger partial charge in [-0.15, -0.1) is 11.3 Å². The minimum absolute atomic E-state index is 0.00822. The Morgan fingerprint density at radius 3 is 2.58 bits per heavy atom. The molecule has 1 aliphatic heterocycles. The number of hydrogen-bond acceptors (Lipinski definition) is 4. The number of phenolic OH excluding ortho intramolecular Hbond substituents is 1. The molecule has 0 bridgehead atoms. The number of nitrogens with zero attached hydrogens (tertiary/aromatic N) is 1. The van der Waals surface area contributed by atoms with E-state index in [1.807, 2.05) is 17.5 Å². The van der Waals surface area contributed by atoms with Crippen molar-refractivity contribution < 1.29 is 14.7 Å². The number of rotatable bonds is 4. The first kappa shape index (κ1) is 16.5. The van der Waals surface area contributed by atoms with Gasteiger partial charge in [0.2, 0.25) is 5.91 Å². The third-order valence-corrected chi connectivity index (χ3v) is 5.07. The molecule has 6 heteroatoms. The zero-order chi connectivity index (χ0) is 16.9. The number of carbonyl (C=O) groups excluding carboxylic acids is 2. The highest BCUT2D eigenvalue weighted by Gasteiger charge is 2.25. The van der Waals surface area contributed by atoms with Crippen LogP contribution in [-0.2, 0) is 11.2 Å². The quantitative estimate of drug-likeness (QED) is 0.895. The third kappa shape index (κ3) is 3.94. The predicted octanol–water partition coefficient (Wildman–Crippen LogP) is 2.42. The number of likely N-dealkylation sites (tertiary alicyclic amines) is 1. The maximum absolute atomic E-state index is 12.4. The lowest BCUT2D eigenvalue weighted by atomic mass is 10.0. The van der Waals surface area contributed by atoms with Crippen molar-refractivity contribution in [1.29, 1.82) is 0 Å². The summed E-state index contributed by atoms with van der Waals surface area (Å²) >= 11 is 1.58. The first-order chi connectivity index (χ1) is 11.6. The van der Waals surface area contributed by atoms with E-state index in [1.54, 1.807) is 34.4 Å². The Balaban J connectivity index is 1.50. The molecule has 0 saturated carbocycles. The van der Waals surface area contributed by atoms with Gasteiger partial charge in [-0.2, -0.15) is 0 Å². The standard InChI is InChI=1S/C18H20N2O3S/c21-16-6-2-1-5-15(16)18(23)20-9-7-13(8-10-20)19-17(22)12-14-4-3-11-24-14/h1-6,11,13,21H,7-10,12H2,(H,19,22). The number of para-hydroxylation sites is 1. The maximum Gasteiger partial charge on any atom is 0.257 e. The molecule has 0 aliphatic carbocycles. The summed E-state index contributed by atoms with van der Waals surface area (Å²) in [4.78, 5) is 27.3. The van der Waals surface area contributed by atoms with Gasteiger partial charge in [-0.05, 0) is 36.4 Å². The van der Waals surface area contributed by atoms with Gasteiger partial charge in [0.05, 0.1) is 12.0 Å². The van der Waals surface area contributed by atoms with E-state index in [9.17, 15) is 14.7 Å². The molecule has 0 atom stereocenters. The Kier molecular flexibility index (Phi) is 5.15. The van der Waals surface area contributed by atoms with Gasteiger partial charge in [0.15, 0.2) is 0 Å². The molecule has 2 heterocycles. The van der Waals surface area contributed by atoms with E-state index in [-0.39, 0.29) is 23.6 Å². The summed E-state index contributed by atoms with van der Waals surface area (Å²) in [7, 11) is 0. The van der Waals surface area contributed by atoms with Gasteiger partial charge < -0.3 is 15.3 Å². The van der Waals surface area contributed by atoms with E-state index in [4.69, 9.17) is 0 Å². The summed E-state index contributed by atoms with van der Waals surface area (Å²) in [5.74, 6) is -0.117. The molecule has 5 nitrogen and oxygen atoms in total. The van der Waals surface area contributed by atoms with Gasteiger partial charge in [0.1, 0.15) is 5.75 Å². The van der Waals surface area contributed by atoms with Crippen LogP contribution in [-0.4, -0.2) is 41.0 Å². The largest absolute Gasteiger partial charge is 0.507 e. The first-order valence-electron chi connectivity index (χ1n) is 8.02. The fraction of sp³-hybridized carbons (Fsp3) is 0.333. The molecule has 1 aliphatic rings. The lowest BCUT2D eigenvalue weighted by molar-refractivity contribution is -0.121. The zero-order valence-electron chi connectivity index (χ0n) is 13.3. The molecule has 1 aromatic carbocycles. The number of aromatic hydroxyl groups is 1. The second-order valence-corrected chi connectivity index (χ2v) is 6.94. The lowest BCUT2D eigenvalue weighted by Gasteiger charge is -2.32. The Bertz CT molecular complexity index is 707. The molecule has 24 heavy (non-hydrogen) atoms. The van der Waals surface area contributed by atoms with Crippen molar-refractivity contribution in [3.8, 4) is 5.75 Å². The van der Waals surface area contributed by atoms with Gasteiger partial charge in [-0.3, -0.25) is 9.59 Å². The van der Waals surface area contributed by atoms with Crippen molar-refractivity contribution in [2.75, 3.05) is 13.1 Å². The maximum atomic E-state index is 12.4. The summed E-state index contributed by atoms with van der Waals surface area (Å²) in [5.41, 5.74) is 0.331. The van der Waals surface area contributed by atoms with Crippen LogP contribution in [0.25, 0.3) is 0 Å². The zero-order valence-corrected chi connectivity index (χ0v) is 14.1. The fourth-order valence-electron chi connectivity index (χ4n) is 2.90. The van der Waals surface area contributed by atoms with Gasteiger partial charge >= 0.3 is 0 Å². The van der Waals surface area contributed by atoms with Crippen molar-refractivity contribution >= 4 is 23.2 Å². The molecule has 0 radical (unpaired) electrons. The molecule has 1 fully saturated rings. The number of phenols is 1. The minimum Gasteiger partial charge on any atom is -0.507 e. The average molecular weight is 344 g/mol. The predicted molar refractivity (Wildman–Crippen MR) is 93.2 cm³/mol. The molecular weight excluding hydrogens is 324 g/mol. The Morgan fingerprint density at radius 1 is 1.17 bits per heavy atom. The highest BCUT2D eigenvalue weighted by atomic mass is 32.1. The summed E-state index contributed by atoms with van der Waals surface area (Å²) < 4.78 is 0. The van der Waals surface area contributed by atoms with Gasteiger partial charge in [-0.1, -0.05) is 18.2 Å². The molecule has 2 N–H and O–H groups in total. The average Bonchev–Trinajstić information content (AvgIpc) is 3.08. The smallest absolute Gasteiger partial charge is 0.257 e. The molecule has 2 amide bonds. The number of nitrogens with one attached hydrogen (secondary N) is 1. The SMILES string of the molecule is O=C(Cc1cccs1)NC1CCN(C(=O)c2ccccc2O)CC1. The lowest BCUT2D eigenvalue weighted by Crippen LogP contribution is -2.46. The molecule has 0 unspecified atom stereocenters. The molecular formula is C18H20N2O3S. The molecule has 2 aromatic rings. The highest BCUT2D eigenvalue weighted by molar-refractivity contribution is 7.10. The summed E-state index contributed by atoms with van der Waals surface area (Å²) in [6.45, 7) is 1.16. The molecule has 126 valence electrons. The van der Waals surface area contributed by atoms with Crippen molar-refractivity contribution in [3.05, 3.63) is 52.2 Å². The molecule has 3 rings (SSSR count). The Hall–Kier alpha value is -2.34. The third-order valence-electron chi connectivity index (χ3n) is 4.20. The fourth-order valence-corrected chi connectivity index (χ4v) is 3.61. The van der Waals surface area contributed by atoms with Crippen LogP contribution in [0.4, 0.5) is 0 Å². The van der Waals surface area contributed by atoms with Crippen LogP contribution < -0.4 is 5.32 Å². The van der Waals surface area contributed by atoms with Crippen molar-refractivity contribution in [2.45, 2.75) is 25.3 Å².